The highest BCUT2D eigenvalue weighted by Crippen LogP contribution is 2.35. The first-order valence-electron chi connectivity index (χ1n) is 7.80. The van der Waals surface area contributed by atoms with Crippen molar-refractivity contribution < 1.29 is 14.3 Å². The maximum absolute atomic E-state index is 12.4. The average molecular weight is 393 g/mol. The predicted molar refractivity (Wildman–Crippen MR) is 106 cm³/mol. The smallest absolute Gasteiger partial charge is 0.341 e. The molecule has 7 heteroatoms. The molecule has 2 aromatic carbocycles. The van der Waals surface area contributed by atoms with E-state index < -0.39 is 5.97 Å². The fourth-order valence-electron chi connectivity index (χ4n) is 2.57. The number of carbonyl (C=O) groups is 1. The molecule has 0 saturated carbocycles. The summed E-state index contributed by atoms with van der Waals surface area (Å²) in [7, 11) is 1.59. The molecule has 3 rings (SSSR count). The molecule has 0 radical (unpaired) electrons. The number of para-hydroxylation sites is 3. The summed E-state index contributed by atoms with van der Waals surface area (Å²) in [5.74, 6) is 0.207. The zero-order chi connectivity index (χ0) is 17.8. The molecule has 0 fully saturated rings. The van der Waals surface area contributed by atoms with Crippen molar-refractivity contribution in [2.24, 2.45) is 0 Å². The second-order valence-electron chi connectivity index (χ2n) is 5.23. The van der Waals surface area contributed by atoms with Gasteiger partial charge in [-0.1, -0.05) is 35.9 Å². The van der Waals surface area contributed by atoms with Gasteiger partial charge in [-0.25, -0.2) is 4.79 Å². The van der Waals surface area contributed by atoms with Crippen LogP contribution in [0.1, 0.15) is 17.3 Å². The number of methoxy groups -OCH3 is 1. The van der Waals surface area contributed by atoms with Crippen LogP contribution in [0.3, 0.4) is 0 Å². The number of anilines is 2. The molecular weight excluding hydrogens is 375 g/mol. The average Bonchev–Trinajstić information content (AvgIpc) is 2.63. The first-order chi connectivity index (χ1) is 12.2. The molecule has 5 nitrogen and oxygen atoms in total. The van der Waals surface area contributed by atoms with Crippen molar-refractivity contribution >= 4 is 52.3 Å². The lowest BCUT2D eigenvalue weighted by atomic mass is 10.1. The third-order valence-electron chi connectivity index (χ3n) is 3.71. The Labute approximate surface area is 162 Å². The van der Waals surface area contributed by atoms with E-state index in [4.69, 9.17) is 21.1 Å². The second kappa shape index (κ2) is 8.74. The van der Waals surface area contributed by atoms with Gasteiger partial charge in [0, 0.05) is 11.6 Å². The van der Waals surface area contributed by atoms with E-state index in [1.165, 1.54) is 6.20 Å². The highest BCUT2D eigenvalue weighted by Gasteiger charge is 2.18. The fourth-order valence-corrected chi connectivity index (χ4v) is 2.79. The monoisotopic (exact) mass is 392 g/mol. The SMILES string of the molecule is CCOC(=O)c1cnc2c(Cl)cccc2c1Nc1ccccc1OC.Cl. The molecule has 0 aliphatic carbocycles. The third-order valence-corrected chi connectivity index (χ3v) is 4.02. The molecule has 0 amide bonds. The number of ether oxygens (including phenoxy) is 2. The van der Waals surface area contributed by atoms with E-state index in [1.807, 2.05) is 36.4 Å². The van der Waals surface area contributed by atoms with Gasteiger partial charge in [0.2, 0.25) is 0 Å². The molecular formula is C19H18Cl2N2O3. The van der Waals surface area contributed by atoms with Gasteiger partial charge in [0.05, 0.1) is 35.6 Å². The van der Waals surface area contributed by atoms with Crippen molar-refractivity contribution in [3.05, 3.63) is 59.2 Å². The van der Waals surface area contributed by atoms with E-state index in [1.54, 1.807) is 20.1 Å². The number of esters is 1. The molecule has 0 spiro atoms. The number of nitrogens with one attached hydrogen (secondary N) is 1. The molecule has 1 N–H and O–H groups in total. The Morgan fingerprint density at radius 3 is 2.69 bits per heavy atom. The predicted octanol–water partition coefficient (Wildman–Crippen LogP) is 5.24. The van der Waals surface area contributed by atoms with Gasteiger partial charge in [0.1, 0.15) is 11.3 Å². The summed E-state index contributed by atoms with van der Waals surface area (Å²) in [4.78, 5) is 16.7. The van der Waals surface area contributed by atoms with Crippen LogP contribution in [-0.4, -0.2) is 24.7 Å². The van der Waals surface area contributed by atoms with Crippen LogP contribution >= 0.6 is 24.0 Å². The van der Waals surface area contributed by atoms with Gasteiger partial charge in [-0.05, 0) is 25.1 Å². The molecule has 0 aliphatic rings. The molecule has 0 unspecified atom stereocenters. The van der Waals surface area contributed by atoms with Crippen molar-refractivity contribution in [1.82, 2.24) is 4.98 Å². The number of hydrogen-bond donors (Lipinski definition) is 1. The number of hydrogen-bond acceptors (Lipinski definition) is 5. The normalized spacial score (nSPS) is 10.1. The van der Waals surface area contributed by atoms with Gasteiger partial charge in [-0.2, -0.15) is 0 Å². The Hall–Kier alpha value is -2.50. The summed E-state index contributed by atoms with van der Waals surface area (Å²) in [6.45, 7) is 2.04. The first-order valence-corrected chi connectivity index (χ1v) is 8.18. The quantitative estimate of drug-likeness (QED) is 0.601. The Morgan fingerprint density at radius 1 is 1.19 bits per heavy atom. The lowest BCUT2D eigenvalue weighted by Crippen LogP contribution is -2.09. The molecule has 1 aromatic heterocycles. The highest BCUT2D eigenvalue weighted by atomic mass is 35.5. The fraction of sp³-hybridized carbons (Fsp3) is 0.158. The minimum Gasteiger partial charge on any atom is -0.495 e. The number of pyridine rings is 1. The van der Waals surface area contributed by atoms with E-state index in [9.17, 15) is 4.79 Å². The second-order valence-corrected chi connectivity index (χ2v) is 5.64. The van der Waals surface area contributed by atoms with Crippen LogP contribution in [-0.2, 0) is 4.74 Å². The number of aromatic nitrogens is 1. The van der Waals surface area contributed by atoms with E-state index in [-0.39, 0.29) is 19.0 Å². The number of carbonyl (C=O) groups excluding carboxylic acids is 1. The van der Waals surface area contributed by atoms with E-state index in [0.29, 0.717) is 27.5 Å². The number of halogens is 2. The molecule has 0 aliphatic heterocycles. The van der Waals surface area contributed by atoms with Crippen LogP contribution in [0.25, 0.3) is 10.9 Å². The summed E-state index contributed by atoms with van der Waals surface area (Å²) >= 11 is 6.25. The Balaban J connectivity index is 0.00000243. The van der Waals surface area contributed by atoms with Crippen molar-refractivity contribution in [3.8, 4) is 5.75 Å². The summed E-state index contributed by atoms with van der Waals surface area (Å²) in [6.07, 6.45) is 1.48. The lowest BCUT2D eigenvalue weighted by molar-refractivity contribution is 0.0527. The Kier molecular flexibility index (Phi) is 6.66. The Morgan fingerprint density at radius 2 is 1.96 bits per heavy atom. The van der Waals surface area contributed by atoms with Crippen molar-refractivity contribution in [2.75, 3.05) is 19.0 Å². The number of rotatable bonds is 5. The number of nitrogens with zero attached hydrogens (tertiary/aromatic N) is 1. The standard InChI is InChI=1S/C19H17ClN2O3.ClH/c1-3-25-19(23)13-11-21-18-12(7-6-8-14(18)20)17(13)22-15-9-4-5-10-16(15)24-2;/h4-11H,3H2,1-2H3,(H,21,22);1H. The number of benzene rings is 2. The van der Waals surface area contributed by atoms with Crippen LogP contribution in [0, 0.1) is 0 Å². The topological polar surface area (TPSA) is 60.5 Å². The first kappa shape index (κ1) is 19.8. The van der Waals surface area contributed by atoms with E-state index in [0.717, 1.165) is 11.1 Å². The van der Waals surface area contributed by atoms with Crippen LogP contribution in [0.5, 0.6) is 5.75 Å². The molecule has 3 aromatic rings. The van der Waals surface area contributed by atoms with Gasteiger partial charge in [0.25, 0.3) is 0 Å². The minimum absolute atomic E-state index is 0. The maximum atomic E-state index is 12.4. The van der Waals surface area contributed by atoms with Crippen molar-refractivity contribution in [1.29, 1.82) is 0 Å². The molecule has 0 atom stereocenters. The van der Waals surface area contributed by atoms with Gasteiger partial charge < -0.3 is 14.8 Å². The zero-order valence-corrected chi connectivity index (χ0v) is 15.9. The Bertz CT molecular complexity index is 932. The van der Waals surface area contributed by atoms with Gasteiger partial charge in [-0.15, -0.1) is 12.4 Å². The van der Waals surface area contributed by atoms with Gasteiger partial charge in [-0.3, -0.25) is 4.98 Å². The van der Waals surface area contributed by atoms with Crippen LogP contribution in [0.2, 0.25) is 5.02 Å². The summed E-state index contributed by atoms with van der Waals surface area (Å²) < 4.78 is 10.5. The van der Waals surface area contributed by atoms with Crippen LogP contribution in [0.15, 0.2) is 48.7 Å². The molecule has 1 heterocycles. The van der Waals surface area contributed by atoms with Crippen LogP contribution in [0.4, 0.5) is 11.4 Å². The lowest BCUT2D eigenvalue weighted by Gasteiger charge is -2.16. The minimum atomic E-state index is -0.450. The van der Waals surface area contributed by atoms with Gasteiger partial charge >= 0.3 is 5.97 Å². The highest BCUT2D eigenvalue weighted by molar-refractivity contribution is 6.35. The third kappa shape index (κ3) is 3.84. The number of fused-ring (bicyclic) bond motifs is 1. The largest absolute Gasteiger partial charge is 0.495 e. The van der Waals surface area contributed by atoms with Gasteiger partial charge in [0.15, 0.2) is 0 Å². The molecule has 136 valence electrons. The summed E-state index contributed by atoms with van der Waals surface area (Å²) in [5.41, 5.74) is 2.25. The maximum Gasteiger partial charge on any atom is 0.341 e. The van der Waals surface area contributed by atoms with E-state index >= 15 is 0 Å². The molecule has 0 saturated heterocycles. The zero-order valence-electron chi connectivity index (χ0n) is 14.3. The molecule has 0 bridgehead atoms. The summed E-state index contributed by atoms with van der Waals surface area (Å²) in [5, 5.41) is 4.51. The van der Waals surface area contributed by atoms with E-state index in [2.05, 4.69) is 10.3 Å². The van der Waals surface area contributed by atoms with Crippen LogP contribution < -0.4 is 10.1 Å². The van der Waals surface area contributed by atoms with Crippen molar-refractivity contribution in [2.45, 2.75) is 6.92 Å². The molecule has 26 heavy (non-hydrogen) atoms. The summed E-state index contributed by atoms with van der Waals surface area (Å²) in [6, 6.07) is 12.9. The van der Waals surface area contributed by atoms with Crippen molar-refractivity contribution in [3.63, 3.8) is 0 Å².